The second-order valence-electron chi connectivity index (χ2n) is 6.35. The predicted molar refractivity (Wildman–Crippen MR) is 99.3 cm³/mol. The summed E-state index contributed by atoms with van der Waals surface area (Å²) in [6.45, 7) is 2.35. The molecule has 5 heteroatoms. The minimum atomic E-state index is -0.161. The Morgan fingerprint density at radius 3 is 2.48 bits per heavy atom. The molecular formula is C20H21ClN2O2. The normalized spacial score (nSPS) is 16.9. The number of nitrogens with one attached hydrogen (secondary N) is 1. The Hall–Kier alpha value is -2.17. The summed E-state index contributed by atoms with van der Waals surface area (Å²) in [4.78, 5) is 27.6. The molecule has 0 spiro atoms. The first-order chi connectivity index (χ1) is 12.1. The Kier molecular flexibility index (Phi) is 5.51. The average molecular weight is 357 g/mol. The molecule has 1 heterocycles. The van der Waals surface area contributed by atoms with Crippen LogP contribution in [0, 0.1) is 5.92 Å². The average Bonchev–Trinajstić information content (AvgIpc) is 3.10. The van der Waals surface area contributed by atoms with Crippen LogP contribution in [-0.4, -0.2) is 43.3 Å². The van der Waals surface area contributed by atoms with E-state index in [2.05, 4.69) is 5.32 Å². The highest BCUT2D eigenvalue weighted by atomic mass is 35.5. The summed E-state index contributed by atoms with van der Waals surface area (Å²) in [5.74, 6) is 0.233. The van der Waals surface area contributed by atoms with E-state index in [9.17, 15) is 9.59 Å². The number of hydrogen-bond donors (Lipinski definition) is 1. The quantitative estimate of drug-likeness (QED) is 0.837. The molecule has 25 heavy (non-hydrogen) atoms. The summed E-state index contributed by atoms with van der Waals surface area (Å²) in [6.07, 6.45) is 0.986. The fourth-order valence-electron chi connectivity index (χ4n) is 3.27. The van der Waals surface area contributed by atoms with Crippen molar-refractivity contribution < 1.29 is 9.59 Å². The first kappa shape index (κ1) is 17.6. The Morgan fingerprint density at radius 2 is 1.80 bits per heavy atom. The number of rotatable bonds is 5. The van der Waals surface area contributed by atoms with Crippen LogP contribution in [0.15, 0.2) is 48.5 Å². The standard InChI is InChI=1S/C20H21ClN2O2/c1-22-12-14-10-11-23(13-14)20(25)18-5-3-2-4-17(18)19(24)15-6-8-16(21)9-7-15/h2-9,14,22H,10-13H2,1H3. The third kappa shape index (κ3) is 3.91. The molecule has 0 aromatic heterocycles. The Labute approximate surface area is 152 Å². The van der Waals surface area contributed by atoms with Crippen molar-refractivity contribution in [3.63, 3.8) is 0 Å². The molecule has 0 radical (unpaired) electrons. The number of amides is 1. The van der Waals surface area contributed by atoms with Crippen molar-refractivity contribution in [1.29, 1.82) is 0 Å². The zero-order valence-electron chi connectivity index (χ0n) is 14.2. The number of benzene rings is 2. The minimum Gasteiger partial charge on any atom is -0.338 e. The Balaban J connectivity index is 1.85. The molecule has 1 atom stereocenters. The molecule has 3 rings (SSSR count). The van der Waals surface area contributed by atoms with Crippen LogP contribution in [-0.2, 0) is 0 Å². The smallest absolute Gasteiger partial charge is 0.254 e. The van der Waals surface area contributed by atoms with Crippen molar-refractivity contribution in [2.24, 2.45) is 5.92 Å². The number of carbonyl (C=O) groups excluding carboxylic acids is 2. The molecule has 4 nitrogen and oxygen atoms in total. The van der Waals surface area contributed by atoms with E-state index in [0.717, 1.165) is 26.1 Å². The monoisotopic (exact) mass is 356 g/mol. The molecule has 130 valence electrons. The molecule has 1 unspecified atom stereocenters. The van der Waals surface area contributed by atoms with Gasteiger partial charge in [0.2, 0.25) is 0 Å². The molecule has 2 aromatic carbocycles. The molecule has 0 bridgehead atoms. The van der Waals surface area contributed by atoms with Gasteiger partial charge in [-0.1, -0.05) is 29.8 Å². The van der Waals surface area contributed by atoms with Gasteiger partial charge in [0.15, 0.2) is 5.78 Å². The molecule has 1 N–H and O–H groups in total. The Morgan fingerprint density at radius 1 is 1.12 bits per heavy atom. The van der Waals surface area contributed by atoms with Crippen LogP contribution >= 0.6 is 11.6 Å². The highest BCUT2D eigenvalue weighted by Gasteiger charge is 2.28. The summed E-state index contributed by atoms with van der Waals surface area (Å²) in [6, 6.07) is 13.8. The summed E-state index contributed by atoms with van der Waals surface area (Å²) in [5, 5.41) is 3.74. The van der Waals surface area contributed by atoms with Gasteiger partial charge in [0.05, 0.1) is 5.56 Å². The van der Waals surface area contributed by atoms with Crippen LogP contribution in [0.4, 0.5) is 0 Å². The third-order valence-electron chi connectivity index (χ3n) is 4.57. The van der Waals surface area contributed by atoms with Crippen LogP contribution in [0.3, 0.4) is 0 Å². The lowest BCUT2D eigenvalue weighted by Crippen LogP contribution is -2.31. The van der Waals surface area contributed by atoms with Crippen LogP contribution in [0.2, 0.25) is 5.02 Å². The lowest BCUT2D eigenvalue weighted by molar-refractivity contribution is 0.0782. The number of hydrogen-bond acceptors (Lipinski definition) is 3. The molecule has 1 aliphatic rings. The third-order valence-corrected chi connectivity index (χ3v) is 4.83. The molecule has 1 fully saturated rings. The highest BCUT2D eigenvalue weighted by molar-refractivity contribution is 6.30. The van der Waals surface area contributed by atoms with Crippen LogP contribution < -0.4 is 5.32 Å². The number of nitrogens with zero attached hydrogens (tertiary/aromatic N) is 1. The lowest BCUT2D eigenvalue weighted by Gasteiger charge is -2.18. The second-order valence-corrected chi connectivity index (χ2v) is 6.78. The lowest BCUT2D eigenvalue weighted by atomic mass is 9.97. The van der Waals surface area contributed by atoms with Gasteiger partial charge in [0.1, 0.15) is 0 Å². The maximum Gasteiger partial charge on any atom is 0.254 e. The van der Waals surface area contributed by atoms with E-state index < -0.39 is 0 Å². The molecule has 0 saturated carbocycles. The number of carbonyl (C=O) groups is 2. The van der Waals surface area contributed by atoms with E-state index >= 15 is 0 Å². The van der Waals surface area contributed by atoms with Gasteiger partial charge < -0.3 is 10.2 Å². The maximum absolute atomic E-state index is 12.9. The maximum atomic E-state index is 12.9. The van der Waals surface area contributed by atoms with Crippen molar-refractivity contribution in [3.8, 4) is 0 Å². The summed E-state index contributed by atoms with van der Waals surface area (Å²) in [5.41, 5.74) is 1.43. The first-order valence-electron chi connectivity index (χ1n) is 8.43. The summed E-state index contributed by atoms with van der Waals surface area (Å²) < 4.78 is 0. The molecule has 1 saturated heterocycles. The molecule has 1 aliphatic heterocycles. The molecule has 2 aromatic rings. The summed E-state index contributed by atoms with van der Waals surface area (Å²) in [7, 11) is 1.92. The summed E-state index contributed by atoms with van der Waals surface area (Å²) >= 11 is 5.89. The predicted octanol–water partition coefficient (Wildman–Crippen LogP) is 3.25. The van der Waals surface area contributed by atoms with Gasteiger partial charge in [-0.2, -0.15) is 0 Å². The zero-order valence-corrected chi connectivity index (χ0v) is 14.9. The van der Waals surface area contributed by atoms with E-state index in [0.29, 0.717) is 27.6 Å². The first-order valence-corrected chi connectivity index (χ1v) is 8.81. The SMILES string of the molecule is CNCC1CCN(C(=O)c2ccccc2C(=O)c2ccc(Cl)cc2)C1. The van der Waals surface area contributed by atoms with E-state index in [1.807, 2.05) is 11.9 Å². The zero-order chi connectivity index (χ0) is 17.8. The van der Waals surface area contributed by atoms with Crippen LogP contribution in [0.25, 0.3) is 0 Å². The van der Waals surface area contributed by atoms with Crippen LogP contribution in [0.5, 0.6) is 0 Å². The van der Waals surface area contributed by atoms with Gasteiger partial charge in [-0.05, 0) is 56.3 Å². The van der Waals surface area contributed by atoms with E-state index in [4.69, 9.17) is 11.6 Å². The van der Waals surface area contributed by atoms with Crippen molar-refractivity contribution in [1.82, 2.24) is 10.2 Å². The van der Waals surface area contributed by atoms with Crippen molar-refractivity contribution in [2.75, 3.05) is 26.7 Å². The van der Waals surface area contributed by atoms with Gasteiger partial charge in [0, 0.05) is 29.2 Å². The minimum absolute atomic E-state index is 0.0727. The van der Waals surface area contributed by atoms with Crippen molar-refractivity contribution >= 4 is 23.3 Å². The number of likely N-dealkylation sites (tertiary alicyclic amines) is 1. The van der Waals surface area contributed by atoms with E-state index in [1.54, 1.807) is 48.5 Å². The largest absolute Gasteiger partial charge is 0.338 e. The van der Waals surface area contributed by atoms with Gasteiger partial charge in [-0.3, -0.25) is 9.59 Å². The topological polar surface area (TPSA) is 49.4 Å². The second kappa shape index (κ2) is 7.81. The fourth-order valence-corrected chi connectivity index (χ4v) is 3.39. The van der Waals surface area contributed by atoms with Crippen molar-refractivity contribution in [3.05, 3.63) is 70.2 Å². The van der Waals surface area contributed by atoms with Crippen molar-refractivity contribution in [2.45, 2.75) is 6.42 Å². The molecular weight excluding hydrogens is 336 g/mol. The molecule has 1 amide bonds. The molecule has 0 aliphatic carbocycles. The van der Waals surface area contributed by atoms with E-state index in [-0.39, 0.29) is 11.7 Å². The van der Waals surface area contributed by atoms with Crippen LogP contribution in [0.1, 0.15) is 32.7 Å². The number of ketones is 1. The van der Waals surface area contributed by atoms with E-state index in [1.165, 1.54) is 0 Å². The van der Waals surface area contributed by atoms with Gasteiger partial charge in [0.25, 0.3) is 5.91 Å². The highest BCUT2D eigenvalue weighted by Crippen LogP contribution is 2.22. The number of halogens is 1. The fraction of sp³-hybridized carbons (Fsp3) is 0.300. The van der Waals surface area contributed by atoms with Gasteiger partial charge in [-0.25, -0.2) is 0 Å². The van der Waals surface area contributed by atoms with Gasteiger partial charge in [-0.15, -0.1) is 0 Å². The Bertz CT molecular complexity index is 774. The van der Waals surface area contributed by atoms with Gasteiger partial charge >= 0.3 is 0 Å².